The van der Waals surface area contributed by atoms with Crippen LogP contribution in [0.25, 0.3) is 11.5 Å². The molecule has 2 aromatic carbocycles. The molecular formula is C28H36N4O5. The highest BCUT2D eigenvalue weighted by molar-refractivity contribution is 6.08. The quantitative estimate of drug-likeness (QED) is 0.398. The van der Waals surface area contributed by atoms with E-state index < -0.39 is 24.2 Å². The predicted molar refractivity (Wildman–Crippen MR) is 147 cm³/mol. The molecule has 1 aliphatic rings. The maximum atomic E-state index is 13.1. The van der Waals surface area contributed by atoms with E-state index in [1.807, 2.05) is 58.0 Å². The second-order valence-electron chi connectivity index (χ2n) is 7.03. The predicted octanol–water partition coefficient (Wildman–Crippen LogP) is 4.78. The number of aliphatic carboxylic acids is 1. The van der Waals surface area contributed by atoms with Crippen molar-refractivity contribution in [2.45, 2.75) is 48.1 Å². The van der Waals surface area contributed by atoms with Gasteiger partial charge in [0.15, 0.2) is 11.5 Å². The molecule has 1 aliphatic heterocycles. The van der Waals surface area contributed by atoms with Crippen molar-refractivity contribution in [1.29, 1.82) is 0 Å². The number of aliphatic hydroxyl groups excluding tert-OH is 1. The van der Waals surface area contributed by atoms with Crippen molar-refractivity contribution in [2.24, 2.45) is 5.10 Å². The van der Waals surface area contributed by atoms with Crippen molar-refractivity contribution in [3.8, 4) is 0 Å². The van der Waals surface area contributed by atoms with Crippen LogP contribution in [-0.2, 0) is 16.1 Å². The third-order valence-electron chi connectivity index (χ3n) is 4.90. The average molecular weight is 509 g/mol. The van der Waals surface area contributed by atoms with E-state index >= 15 is 0 Å². The summed E-state index contributed by atoms with van der Waals surface area (Å²) in [5, 5.41) is 30.4. The van der Waals surface area contributed by atoms with Gasteiger partial charge in [0, 0.05) is 29.4 Å². The fraction of sp³-hybridized carbons (Fsp3) is 0.286. The van der Waals surface area contributed by atoms with E-state index in [4.69, 9.17) is 5.11 Å². The maximum Gasteiger partial charge on any atom is 0.322 e. The molecule has 9 nitrogen and oxygen atoms in total. The van der Waals surface area contributed by atoms with Gasteiger partial charge in [0.2, 0.25) is 0 Å². The number of fused-ring (bicyclic) bond motifs is 1. The van der Waals surface area contributed by atoms with E-state index in [0.717, 1.165) is 5.56 Å². The van der Waals surface area contributed by atoms with Crippen molar-refractivity contribution >= 4 is 35.5 Å². The summed E-state index contributed by atoms with van der Waals surface area (Å²) < 4.78 is 0. The van der Waals surface area contributed by atoms with Crippen LogP contribution in [-0.4, -0.2) is 45.8 Å². The van der Waals surface area contributed by atoms with Gasteiger partial charge in [-0.25, -0.2) is 5.01 Å². The van der Waals surface area contributed by atoms with Crippen molar-refractivity contribution in [3.63, 3.8) is 0 Å². The number of aliphatic hydroxyl groups is 1. The Bertz CT molecular complexity index is 1170. The Kier molecular flexibility index (Phi) is 12.9. The Morgan fingerprint density at radius 1 is 0.919 bits per heavy atom. The molecule has 9 heteroatoms. The molecule has 37 heavy (non-hydrogen) atoms. The number of nitrogens with zero attached hydrogens (tertiary/aromatic N) is 2. The molecule has 0 bridgehead atoms. The summed E-state index contributed by atoms with van der Waals surface area (Å²) in [5.74, 6) is -2.82. The number of rotatable bonds is 7. The summed E-state index contributed by atoms with van der Waals surface area (Å²) in [5.41, 5.74) is 2.05. The smallest absolute Gasteiger partial charge is 0.322 e. The second-order valence-corrected chi connectivity index (χ2v) is 7.03. The lowest BCUT2D eigenvalue weighted by Crippen LogP contribution is -2.38. The standard InChI is InChI=1S/C24H24N4O5.2C2H6/c1-3-18-20-16(22(31)21(28(18)27-4-2)24(33)26-14-19(29)30)11-8-12-17(20)23(32)25-13-15-9-6-5-7-10-15;2*1-2/h3-12,31H,13-14H2,1-2H3,(H,25,32)(H,26,33)(H,29,30);2*1-2H3/b18-3+,27-4-;;. The lowest BCUT2D eigenvalue weighted by molar-refractivity contribution is -0.137. The van der Waals surface area contributed by atoms with Crippen LogP contribution < -0.4 is 10.6 Å². The van der Waals surface area contributed by atoms with Gasteiger partial charge in [-0.3, -0.25) is 14.4 Å². The van der Waals surface area contributed by atoms with Gasteiger partial charge in [-0.2, -0.15) is 5.10 Å². The van der Waals surface area contributed by atoms with Crippen molar-refractivity contribution < 1.29 is 24.6 Å². The first-order valence-electron chi connectivity index (χ1n) is 12.2. The number of allylic oxidation sites excluding steroid dienone is 1. The first kappa shape index (κ1) is 30.6. The number of carboxylic acid groups (broad SMARTS) is 1. The Labute approximate surface area is 218 Å². The topological polar surface area (TPSA) is 131 Å². The van der Waals surface area contributed by atoms with E-state index in [0.29, 0.717) is 23.4 Å². The second kappa shape index (κ2) is 15.6. The highest BCUT2D eigenvalue weighted by atomic mass is 16.4. The van der Waals surface area contributed by atoms with Gasteiger partial charge in [0.25, 0.3) is 11.8 Å². The molecule has 0 fully saturated rings. The van der Waals surface area contributed by atoms with Gasteiger partial charge in [-0.05, 0) is 25.5 Å². The number of nitrogens with one attached hydrogen (secondary N) is 2. The number of carbonyl (C=O) groups is 3. The summed E-state index contributed by atoms with van der Waals surface area (Å²) >= 11 is 0. The summed E-state index contributed by atoms with van der Waals surface area (Å²) in [6.45, 7) is 11.0. The monoisotopic (exact) mass is 508 g/mol. The molecule has 2 amide bonds. The number of hydrogen-bond acceptors (Lipinski definition) is 6. The van der Waals surface area contributed by atoms with Gasteiger partial charge in [-0.15, -0.1) is 0 Å². The summed E-state index contributed by atoms with van der Waals surface area (Å²) in [7, 11) is 0. The Morgan fingerprint density at radius 2 is 1.57 bits per heavy atom. The van der Waals surface area contributed by atoms with Crippen LogP contribution in [0, 0.1) is 0 Å². The Morgan fingerprint density at radius 3 is 2.14 bits per heavy atom. The number of amides is 2. The molecule has 0 unspecified atom stereocenters. The minimum atomic E-state index is -1.23. The van der Waals surface area contributed by atoms with Crippen LogP contribution in [0.3, 0.4) is 0 Å². The van der Waals surface area contributed by atoms with E-state index in [9.17, 15) is 19.5 Å². The van der Waals surface area contributed by atoms with E-state index in [-0.39, 0.29) is 17.2 Å². The lowest BCUT2D eigenvalue weighted by atomic mass is 9.91. The van der Waals surface area contributed by atoms with Crippen molar-refractivity contribution in [2.75, 3.05) is 6.54 Å². The van der Waals surface area contributed by atoms with Gasteiger partial charge >= 0.3 is 5.97 Å². The number of hydrogen-bond donors (Lipinski definition) is 4. The van der Waals surface area contributed by atoms with Crippen LogP contribution in [0.5, 0.6) is 0 Å². The molecule has 2 aromatic rings. The maximum absolute atomic E-state index is 13.1. The van der Waals surface area contributed by atoms with Crippen LogP contribution in [0.4, 0.5) is 0 Å². The molecule has 0 radical (unpaired) electrons. The van der Waals surface area contributed by atoms with Crippen molar-refractivity contribution in [3.05, 3.63) is 82.6 Å². The molecule has 198 valence electrons. The van der Waals surface area contributed by atoms with Gasteiger partial charge in [0.05, 0.1) is 5.70 Å². The first-order valence-corrected chi connectivity index (χ1v) is 12.2. The first-order chi connectivity index (χ1) is 17.9. The molecule has 0 spiro atoms. The third-order valence-corrected chi connectivity index (χ3v) is 4.90. The minimum absolute atomic E-state index is 0.239. The zero-order valence-electron chi connectivity index (χ0n) is 22.2. The number of hydrazone groups is 1. The van der Waals surface area contributed by atoms with E-state index in [1.165, 1.54) is 11.2 Å². The number of carboxylic acids is 1. The largest absolute Gasteiger partial charge is 0.505 e. The van der Waals surface area contributed by atoms with Gasteiger partial charge in [0.1, 0.15) is 6.54 Å². The number of carbonyl (C=O) groups excluding carboxylic acids is 2. The fourth-order valence-electron chi connectivity index (χ4n) is 3.49. The van der Waals surface area contributed by atoms with Crippen LogP contribution in [0.15, 0.2) is 65.4 Å². The molecule has 4 N–H and O–H groups in total. The van der Waals surface area contributed by atoms with Crippen molar-refractivity contribution in [1.82, 2.24) is 15.6 Å². The molecule has 0 atom stereocenters. The molecule has 0 aromatic heterocycles. The highest BCUT2D eigenvalue weighted by Crippen LogP contribution is 2.39. The normalized spacial score (nSPS) is 13.1. The molecule has 0 saturated carbocycles. The summed E-state index contributed by atoms with van der Waals surface area (Å²) in [6, 6.07) is 14.2. The lowest BCUT2D eigenvalue weighted by Gasteiger charge is -2.31. The summed E-state index contributed by atoms with van der Waals surface area (Å²) in [4.78, 5) is 36.7. The van der Waals surface area contributed by atoms with Crippen LogP contribution in [0.1, 0.15) is 68.6 Å². The third kappa shape index (κ3) is 7.54. The fourth-order valence-corrected chi connectivity index (χ4v) is 3.49. The van der Waals surface area contributed by atoms with Crippen LogP contribution >= 0.6 is 0 Å². The Hall–Kier alpha value is -4.40. The summed E-state index contributed by atoms with van der Waals surface area (Å²) in [6.07, 6.45) is 3.08. The molecule has 1 heterocycles. The molecular weight excluding hydrogens is 472 g/mol. The minimum Gasteiger partial charge on any atom is -0.505 e. The zero-order chi connectivity index (χ0) is 28.0. The Balaban J connectivity index is 0.00000163. The SMILES string of the molecule is C/C=N\N1C(C(=O)NCC(=O)O)=C(O)c2cccc(C(=O)NCc3ccccc3)c2/C1=C\C.CC.CC. The molecule has 3 rings (SSSR count). The molecule has 0 aliphatic carbocycles. The van der Waals surface area contributed by atoms with E-state index in [1.54, 1.807) is 38.1 Å². The average Bonchev–Trinajstić information content (AvgIpc) is 2.93. The zero-order valence-corrected chi connectivity index (χ0v) is 22.2. The van der Waals surface area contributed by atoms with E-state index in [2.05, 4.69) is 15.7 Å². The number of benzene rings is 2. The molecule has 0 saturated heterocycles. The van der Waals surface area contributed by atoms with Crippen LogP contribution in [0.2, 0.25) is 0 Å². The van der Waals surface area contributed by atoms with Gasteiger partial charge < -0.3 is 20.8 Å². The van der Waals surface area contributed by atoms with Gasteiger partial charge in [-0.1, -0.05) is 76.2 Å². The highest BCUT2D eigenvalue weighted by Gasteiger charge is 2.35.